The lowest BCUT2D eigenvalue weighted by Gasteiger charge is -2.09. The number of benzene rings is 1. The quantitative estimate of drug-likeness (QED) is 0.627. The maximum absolute atomic E-state index is 11.5. The summed E-state index contributed by atoms with van der Waals surface area (Å²) in [6.07, 6.45) is 5.21. The maximum atomic E-state index is 11.5. The van der Waals surface area contributed by atoms with Gasteiger partial charge in [0.05, 0.1) is 11.3 Å². The van der Waals surface area contributed by atoms with Crippen LogP contribution in [0.5, 0.6) is 5.75 Å². The lowest BCUT2D eigenvalue weighted by atomic mass is 10.1. The molecule has 0 saturated heterocycles. The van der Waals surface area contributed by atoms with Crippen molar-refractivity contribution in [1.29, 1.82) is 0 Å². The Morgan fingerprint density at radius 2 is 2.09 bits per heavy atom. The van der Waals surface area contributed by atoms with Gasteiger partial charge in [-0.05, 0) is 25.1 Å². The van der Waals surface area contributed by atoms with Crippen molar-refractivity contribution in [2.75, 3.05) is 11.9 Å². The molecule has 0 aliphatic rings. The van der Waals surface area contributed by atoms with E-state index in [0.29, 0.717) is 17.0 Å². The zero-order valence-electron chi connectivity index (χ0n) is 12.5. The Labute approximate surface area is 133 Å². The molecular formula is C16H16N4O3. The van der Waals surface area contributed by atoms with E-state index in [1.54, 1.807) is 6.07 Å². The van der Waals surface area contributed by atoms with Crippen molar-refractivity contribution in [2.45, 2.75) is 6.92 Å². The number of nitrogens with two attached hydrogens (primary N) is 2. The molecule has 23 heavy (non-hydrogen) atoms. The minimum atomic E-state index is -0.811. The molecule has 1 aromatic heterocycles. The molecule has 7 heteroatoms. The molecule has 6 N–H and O–H groups in total. The van der Waals surface area contributed by atoms with Crippen LogP contribution >= 0.6 is 0 Å². The molecule has 0 aliphatic heterocycles. The Bertz CT molecular complexity index is 802. The summed E-state index contributed by atoms with van der Waals surface area (Å²) in [7, 11) is 0. The Kier molecular flexibility index (Phi) is 4.57. The van der Waals surface area contributed by atoms with Gasteiger partial charge >= 0.3 is 6.03 Å². The highest BCUT2D eigenvalue weighted by Crippen LogP contribution is 2.33. The van der Waals surface area contributed by atoms with Gasteiger partial charge < -0.3 is 21.2 Å². The van der Waals surface area contributed by atoms with Crippen molar-refractivity contribution < 1.29 is 14.3 Å². The van der Waals surface area contributed by atoms with Gasteiger partial charge in [-0.2, -0.15) is 0 Å². The van der Waals surface area contributed by atoms with Crippen molar-refractivity contribution in [3.05, 3.63) is 35.4 Å². The SMILES string of the molecule is C#CCOc1ccc(C)cc1-c1cc(C(N)=O)c(NC(N)=O)[nH]1. The van der Waals surface area contributed by atoms with E-state index in [1.807, 2.05) is 19.1 Å². The number of hydrogen-bond donors (Lipinski definition) is 4. The van der Waals surface area contributed by atoms with Crippen LogP contribution in [0.4, 0.5) is 10.6 Å². The monoisotopic (exact) mass is 312 g/mol. The third-order valence-electron chi connectivity index (χ3n) is 3.07. The van der Waals surface area contributed by atoms with E-state index in [2.05, 4.69) is 16.2 Å². The second kappa shape index (κ2) is 6.58. The number of terminal acetylenes is 1. The van der Waals surface area contributed by atoms with Gasteiger partial charge in [0.25, 0.3) is 5.91 Å². The Morgan fingerprint density at radius 1 is 1.35 bits per heavy atom. The molecule has 7 nitrogen and oxygen atoms in total. The molecule has 0 radical (unpaired) electrons. The minimum Gasteiger partial charge on any atom is -0.480 e. The minimum absolute atomic E-state index is 0.103. The van der Waals surface area contributed by atoms with Crippen LogP contribution < -0.4 is 21.5 Å². The summed E-state index contributed by atoms with van der Waals surface area (Å²) in [5.41, 5.74) is 12.7. The fourth-order valence-corrected chi connectivity index (χ4v) is 2.12. The first kappa shape index (κ1) is 16.0. The average Bonchev–Trinajstić information content (AvgIpc) is 2.89. The third kappa shape index (κ3) is 3.63. The molecule has 0 fully saturated rings. The summed E-state index contributed by atoms with van der Waals surface area (Å²) < 4.78 is 5.50. The number of ether oxygens (including phenoxy) is 1. The Balaban J connectivity index is 2.53. The molecule has 0 saturated carbocycles. The number of aromatic nitrogens is 1. The van der Waals surface area contributed by atoms with Crippen molar-refractivity contribution in [1.82, 2.24) is 4.98 Å². The highest BCUT2D eigenvalue weighted by Gasteiger charge is 2.17. The number of carbonyl (C=O) groups excluding carboxylic acids is 2. The molecule has 2 rings (SSSR count). The smallest absolute Gasteiger partial charge is 0.317 e. The van der Waals surface area contributed by atoms with Crippen LogP contribution in [0.25, 0.3) is 11.3 Å². The normalized spacial score (nSPS) is 9.91. The van der Waals surface area contributed by atoms with Gasteiger partial charge in [0, 0.05) is 5.56 Å². The fraction of sp³-hybridized carbons (Fsp3) is 0.125. The van der Waals surface area contributed by atoms with E-state index in [1.165, 1.54) is 6.07 Å². The first-order chi connectivity index (χ1) is 10.9. The standard InChI is InChI=1S/C16H16N4O3/c1-3-6-23-13-5-4-9(2)7-10(13)12-8-11(14(17)21)15(19-12)20-16(18)22/h1,4-5,7-8,19H,6H2,2H3,(H2,17,21)(H3,18,20,22). The first-order valence-corrected chi connectivity index (χ1v) is 6.69. The van der Waals surface area contributed by atoms with Crippen LogP contribution in [0.1, 0.15) is 15.9 Å². The number of H-pyrrole nitrogens is 1. The van der Waals surface area contributed by atoms with Gasteiger partial charge in [0.1, 0.15) is 18.2 Å². The number of amides is 3. The molecular weight excluding hydrogens is 296 g/mol. The largest absolute Gasteiger partial charge is 0.480 e. The van der Waals surface area contributed by atoms with Crippen LogP contribution in [-0.2, 0) is 0 Å². The number of nitrogens with one attached hydrogen (secondary N) is 2. The van der Waals surface area contributed by atoms with E-state index in [4.69, 9.17) is 22.6 Å². The van der Waals surface area contributed by atoms with E-state index >= 15 is 0 Å². The van der Waals surface area contributed by atoms with Crippen LogP contribution in [-0.4, -0.2) is 23.5 Å². The molecule has 0 bridgehead atoms. The van der Waals surface area contributed by atoms with Gasteiger partial charge in [0.15, 0.2) is 0 Å². The highest BCUT2D eigenvalue weighted by atomic mass is 16.5. The summed E-state index contributed by atoms with van der Waals surface area (Å²) in [6.45, 7) is 2.01. The molecule has 0 spiro atoms. The van der Waals surface area contributed by atoms with Gasteiger partial charge in [-0.15, -0.1) is 6.42 Å². The predicted molar refractivity (Wildman–Crippen MR) is 87.0 cm³/mol. The van der Waals surface area contributed by atoms with E-state index in [0.717, 1.165) is 5.56 Å². The highest BCUT2D eigenvalue weighted by molar-refractivity contribution is 6.03. The molecule has 0 unspecified atom stereocenters. The number of urea groups is 1. The number of aryl methyl sites for hydroxylation is 1. The van der Waals surface area contributed by atoms with E-state index < -0.39 is 11.9 Å². The van der Waals surface area contributed by atoms with Gasteiger partial charge in [-0.25, -0.2) is 4.79 Å². The first-order valence-electron chi connectivity index (χ1n) is 6.69. The van der Waals surface area contributed by atoms with Gasteiger partial charge in [-0.1, -0.05) is 17.6 Å². The predicted octanol–water partition coefficient (Wildman–Crippen LogP) is 1.59. The molecule has 3 amide bonds. The zero-order chi connectivity index (χ0) is 17.0. The average molecular weight is 312 g/mol. The number of aromatic amines is 1. The second-order valence-electron chi connectivity index (χ2n) is 4.82. The van der Waals surface area contributed by atoms with Crippen LogP contribution in [0.3, 0.4) is 0 Å². The number of rotatable bonds is 5. The fourth-order valence-electron chi connectivity index (χ4n) is 2.12. The lowest BCUT2D eigenvalue weighted by molar-refractivity contribution is 0.100. The van der Waals surface area contributed by atoms with Crippen LogP contribution in [0, 0.1) is 19.3 Å². The summed E-state index contributed by atoms with van der Waals surface area (Å²) in [5, 5.41) is 2.33. The maximum Gasteiger partial charge on any atom is 0.317 e. The van der Waals surface area contributed by atoms with Gasteiger partial charge in [0.2, 0.25) is 0 Å². The third-order valence-corrected chi connectivity index (χ3v) is 3.07. The molecule has 1 heterocycles. The van der Waals surface area contributed by atoms with E-state index in [9.17, 15) is 9.59 Å². The lowest BCUT2D eigenvalue weighted by Crippen LogP contribution is -2.22. The summed E-state index contributed by atoms with van der Waals surface area (Å²) in [4.78, 5) is 25.5. The summed E-state index contributed by atoms with van der Waals surface area (Å²) >= 11 is 0. The molecule has 118 valence electrons. The molecule has 2 aromatic rings. The number of hydrogen-bond acceptors (Lipinski definition) is 3. The second-order valence-corrected chi connectivity index (χ2v) is 4.82. The number of carbonyl (C=O) groups is 2. The zero-order valence-corrected chi connectivity index (χ0v) is 12.5. The van der Waals surface area contributed by atoms with E-state index in [-0.39, 0.29) is 18.0 Å². The topological polar surface area (TPSA) is 123 Å². The molecule has 0 atom stereocenters. The van der Waals surface area contributed by atoms with Crippen LogP contribution in [0.15, 0.2) is 24.3 Å². The summed E-state index contributed by atoms with van der Waals surface area (Å²) in [5.74, 6) is 2.36. The Morgan fingerprint density at radius 3 is 2.70 bits per heavy atom. The van der Waals surface area contributed by atoms with Crippen molar-refractivity contribution in [2.24, 2.45) is 11.5 Å². The van der Waals surface area contributed by atoms with Crippen molar-refractivity contribution >= 4 is 17.8 Å². The number of primary amides is 2. The van der Waals surface area contributed by atoms with Gasteiger partial charge in [-0.3, -0.25) is 10.1 Å². The molecule has 1 aromatic carbocycles. The van der Waals surface area contributed by atoms with Crippen LogP contribution in [0.2, 0.25) is 0 Å². The van der Waals surface area contributed by atoms with Crippen molar-refractivity contribution in [3.8, 4) is 29.4 Å². The number of anilines is 1. The summed E-state index contributed by atoms with van der Waals surface area (Å²) in [6, 6.07) is 6.21. The Hall–Kier alpha value is -3.40. The molecule has 0 aliphatic carbocycles. The van der Waals surface area contributed by atoms with Crippen molar-refractivity contribution in [3.63, 3.8) is 0 Å².